The number of rotatable bonds is 20. The van der Waals surface area contributed by atoms with E-state index in [2.05, 4.69) is 30.0 Å². The van der Waals surface area contributed by atoms with Crippen LogP contribution in [0.3, 0.4) is 0 Å². The Kier molecular flexibility index (Phi) is 15.8. The lowest BCUT2D eigenvalue weighted by Gasteiger charge is -2.36. The van der Waals surface area contributed by atoms with E-state index in [1.807, 2.05) is 13.0 Å². The zero-order chi connectivity index (χ0) is 37.6. The Morgan fingerprint density at radius 1 is 0.981 bits per heavy atom. The van der Waals surface area contributed by atoms with Crippen LogP contribution in [0.5, 0.6) is 5.75 Å². The number of amides is 2. The number of urea groups is 1. The fraction of sp³-hybridized carbons (Fsp3) is 0.615. The molecular weight excluding hydrogens is 716 g/mol. The van der Waals surface area contributed by atoms with Crippen molar-refractivity contribution in [2.75, 3.05) is 59.0 Å². The van der Waals surface area contributed by atoms with Gasteiger partial charge < -0.3 is 20.1 Å². The number of ether oxygens (including phenoxy) is 2. The summed E-state index contributed by atoms with van der Waals surface area (Å²) in [6.07, 6.45) is 9.38. The Balaban J connectivity index is 1.01. The van der Waals surface area contributed by atoms with Crippen LogP contribution in [0.15, 0.2) is 41.3 Å². The molecule has 2 amide bonds. The molecule has 3 atom stereocenters. The average molecular weight is 771 g/mol. The number of benzene rings is 2. The van der Waals surface area contributed by atoms with Crippen LogP contribution in [0.25, 0.3) is 4.85 Å². The van der Waals surface area contributed by atoms with Crippen molar-refractivity contribution in [2.45, 2.75) is 101 Å². The summed E-state index contributed by atoms with van der Waals surface area (Å²) in [5.41, 5.74) is 2.49. The van der Waals surface area contributed by atoms with E-state index in [1.165, 1.54) is 6.42 Å². The van der Waals surface area contributed by atoms with Gasteiger partial charge in [-0.1, -0.05) is 31.4 Å². The van der Waals surface area contributed by atoms with Crippen LogP contribution >= 0.6 is 11.6 Å². The van der Waals surface area contributed by atoms with E-state index < -0.39 is 10.0 Å². The third kappa shape index (κ3) is 12.1. The van der Waals surface area contributed by atoms with Crippen LogP contribution < -0.4 is 20.1 Å². The van der Waals surface area contributed by atoms with E-state index in [0.717, 1.165) is 75.7 Å². The van der Waals surface area contributed by atoms with Crippen LogP contribution in [0, 0.1) is 6.57 Å². The molecule has 5 rings (SSSR count). The topological polar surface area (TPSA) is 134 Å². The standard InChI is InChI=1S/C39H55ClN6O6S/c1-3-10-31(47)11-6-4-7-17-42-39(48)43-18-23-51-24-22-45-21-16-30(28-45)44-53(49,50)33-14-12-32(13-15-33)52-38-35-25-29(40)26-36(41-2)34(35)27-37(38)46-19-8-5-9-20-46/h12-15,25-26,30,37-38,44H,3-11,16-24,27-28H2,1H3,(H2,42,43,48)/t30-,37-,38-/m0/s1. The number of hydrogen-bond donors (Lipinski definition) is 3. The molecule has 14 heteroatoms. The second kappa shape index (κ2) is 20.4. The lowest BCUT2D eigenvalue weighted by atomic mass is 10.0. The number of sulfonamides is 1. The minimum atomic E-state index is -3.74. The molecule has 0 saturated carbocycles. The molecule has 2 fully saturated rings. The van der Waals surface area contributed by atoms with E-state index in [9.17, 15) is 18.0 Å². The Bertz CT molecular complexity index is 1660. The normalized spacial score (nSPS) is 20.5. The number of nitrogens with one attached hydrogen (secondary N) is 3. The van der Waals surface area contributed by atoms with Gasteiger partial charge in [0.1, 0.15) is 17.6 Å². The number of Topliss-reactive ketones (excluding diaryl/α,β-unsaturated/α-hetero) is 1. The number of unbranched alkanes of at least 4 members (excludes halogenated alkanes) is 2. The summed E-state index contributed by atoms with van der Waals surface area (Å²) in [6, 6.07) is 9.85. The third-order valence-electron chi connectivity index (χ3n) is 10.3. The molecule has 0 spiro atoms. The van der Waals surface area contributed by atoms with Crippen molar-refractivity contribution in [1.82, 2.24) is 25.2 Å². The molecule has 1 aliphatic carbocycles. The highest BCUT2D eigenvalue weighted by Crippen LogP contribution is 2.44. The molecule has 2 heterocycles. The van der Waals surface area contributed by atoms with Gasteiger partial charge in [-0.25, -0.2) is 22.8 Å². The molecular formula is C39H55ClN6O6S. The number of likely N-dealkylation sites (tertiary alicyclic amines) is 2. The van der Waals surface area contributed by atoms with Gasteiger partial charge in [-0.15, -0.1) is 0 Å². The summed E-state index contributed by atoms with van der Waals surface area (Å²) in [5.74, 6) is 0.883. The Labute approximate surface area is 320 Å². The summed E-state index contributed by atoms with van der Waals surface area (Å²) in [4.78, 5) is 32.1. The van der Waals surface area contributed by atoms with Crippen LogP contribution in [0.2, 0.25) is 5.02 Å². The molecule has 2 aromatic carbocycles. The zero-order valence-corrected chi connectivity index (χ0v) is 32.5. The van der Waals surface area contributed by atoms with Gasteiger partial charge in [0.25, 0.3) is 0 Å². The molecule has 0 aromatic heterocycles. The fourth-order valence-electron chi connectivity index (χ4n) is 7.54. The van der Waals surface area contributed by atoms with Gasteiger partial charge in [-0.2, -0.15) is 0 Å². The van der Waals surface area contributed by atoms with E-state index in [0.29, 0.717) is 80.9 Å². The van der Waals surface area contributed by atoms with Crippen molar-refractivity contribution in [3.8, 4) is 5.75 Å². The number of fused-ring (bicyclic) bond motifs is 1. The van der Waals surface area contributed by atoms with Crippen molar-refractivity contribution in [3.63, 3.8) is 0 Å². The minimum absolute atomic E-state index is 0.0777. The van der Waals surface area contributed by atoms with E-state index in [-0.39, 0.29) is 29.1 Å². The highest BCUT2D eigenvalue weighted by atomic mass is 35.5. The lowest BCUT2D eigenvalue weighted by Crippen LogP contribution is -2.43. The Morgan fingerprint density at radius 2 is 1.75 bits per heavy atom. The van der Waals surface area contributed by atoms with Crippen molar-refractivity contribution >= 4 is 39.1 Å². The van der Waals surface area contributed by atoms with Gasteiger partial charge in [0.05, 0.1) is 30.7 Å². The highest BCUT2D eigenvalue weighted by molar-refractivity contribution is 7.89. The second-order valence-corrected chi connectivity index (χ2v) is 16.4. The first-order chi connectivity index (χ1) is 25.7. The first-order valence-corrected chi connectivity index (χ1v) is 21.1. The van der Waals surface area contributed by atoms with E-state index >= 15 is 0 Å². The maximum Gasteiger partial charge on any atom is 0.314 e. The molecule has 12 nitrogen and oxygen atoms in total. The van der Waals surface area contributed by atoms with E-state index in [4.69, 9.17) is 27.6 Å². The number of carbonyl (C=O) groups excluding carboxylic acids is 2. The number of halogens is 1. The molecule has 290 valence electrons. The first-order valence-electron chi connectivity index (χ1n) is 19.2. The highest BCUT2D eigenvalue weighted by Gasteiger charge is 2.40. The molecule has 3 N–H and O–H groups in total. The second-order valence-electron chi connectivity index (χ2n) is 14.3. The van der Waals surface area contributed by atoms with Gasteiger partial charge in [0.15, 0.2) is 5.69 Å². The van der Waals surface area contributed by atoms with Crippen molar-refractivity contribution in [1.29, 1.82) is 0 Å². The van der Waals surface area contributed by atoms with Gasteiger partial charge in [0, 0.05) is 50.1 Å². The van der Waals surface area contributed by atoms with E-state index in [1.54, 1.807) is 30.3 Å². The van der Waals surface area contributed by atoms with Crippen LogP contribution in [0.1, 0.15) is 88.4 Å². The van der Waals surface area contributed by atoms with Crippen LogP contribution in [-0.2, 0) is 26.0 Å². The smallest absolute Gasteiger partial charge is 0.314 e. The summed E-state index contributed by atoms with van der Waals surface area (Å²) in [5, 5.41) is 6.13. The summed E-state index contributed by atoms with van der Waals surface area (Å²) in [7, 11) is -3.74. The predicted molar refractivity (Wildman–Crippen MR) is 206 cm³/mol. The van der Waals surface area contributed by atoms with Crippen molar-refractivity contribution < 1.29 is 27.5 Å². The quantitative estimate of drug-likeness (QED) is 0.110. The van der Waals surface area contributed by atoms with Gasteiger partial charge in [0.2, 0.25) is 10.0 Å². The molecule has 53 heavy (non-hydrogen) atoms. The van der Waals surface area contributed by atoms with Crippen LogP contribution in [0.4, 0.5) is 10.5 Å². The summed E-state index contributed by atoms with van der Waals surface area (Å²) < 4.78 is 41.8. The minimum Gasteiger partial charge on any atom is -0.484 e. The third-order valence-corrected chi connectivity index (χ3v) is 12.1. The van der Waals surface area contributed by atoms with Gasteiger partial charge in [-0.3, -0.25) is 14.6 Å². The predicted octanol–water partition coefficient (Wildman–Crippen LogP) is 6.02. The van der Waals surface area contributed by atoms with Crippen molar-refractivity contribution in [2.24, 2.45) is 0 Å². The maximum atomic E-state index is 13.3. The number of ketones is 1. The fourth-order valence-corrected chi connectivity index (χ4v) is 9.03. The summed E-state index contributed by atoms with van der Waals surface area (Å²) >= 11 is 6.43. The number of piperidine rings is 1. The zero-order valence-electron chi connectivity index (χ0n) is 30.9. The number of nitrogens with zero attached hydrogens (tertiary/aromatic N) is 3. The summed E-state index contributed by atoms with van der Waals surface area (Å²) in [6.45, 7) is 15.5. The molecule has 0 radical (unpaired) electrons. The first kappa shape index (κ1) is 40.9. The Hall–Kier alpha value is -3.25. The van der Waals surface area contributed by atoms with Gasteiger partial charge in [-0.05, 0) is 112 Å². The van der Waals surface area contributed by atoms with Gasteiger partial charge >= 0.3 is 6.03 Å². The maximum absolute atomic E-state index is 13.3. The number of carbonyl (C=O) groups is 2. The largest absolute Gasteiger partial charge is 0.484 e. The lowest BCUT2D eigenvalue weighted by molar-refractivity contribution is -0.119. The monoisotopic (exact) mass is 770 g/mol. The molecule has 2 saturated heterocycles. The molecule has 2 aliphatic heterocycles. The average Bonchev–Trinajstić information content (AvgIpc) is 3.75. The van der Waals surface area contributed by atoms with Crippen LogP contribution in [-0.4, -0.2) is 101 Å². The number of hydrogen-bond acceptors (Lipinski definition) is 8. The molecule has 0 unspecified atom stereocenters. The SMILES string of the molecule is [C-]#[N+]c1cc(Cl)cc2c1C[C@H](N1CCCCC1)[C@H]2Oc1ccc(S(=O)(=O)N[C@H]2CCN(CCOCCNC(=O)NCCCCCC(=O)CCC)C2)cc1. The molecule has 2 aromatic rings. The Morgan fingerprint density at radius 3 is 2.51 bits per heavy atom. The molecule has 3 aliphatic rings. The van der Waals surface area contributed by atoms with Crippen molar-refractivity contribution in [3.05, 3.63) is 64.0 Å². The molecule has 0 bridgehead atoms.